The van der Waals surface area contributed by atoms with Crippen molar-refractivity contribution in [3.8, 4) is 0 Å². The Morgan fingerprint density at radius 1 is 1.05 bits per heavy atom. The highest BCUT2D eigenvalue weighted by Gasteiger charge is 2.23. The van der Waals surface area contributed by atoms with Gasteiger partial charge in [0.15, 0.2) is 0 Å². The number of benzene rings is 2. The number of aliphatic hydroxyl groups excluding tert-OH is 1. The lowest BCUT2D eigenvalue weighted by molar-refractivity contribution is -0.115. The number of amides is 1. The number of nitrogens with one attached hydrogen (secondary N) is 1. The first-order valence-corrected chi connectivity index (χ1v) is 7.33. The van der Waals surface area contributed by atoms with E-state index in [2.05, 4.69) is 5.32 Å². The SMILES string of the molecule is O=C1Cc2cc(C(O)c3cc(Cl)cc(Cl)c3)c(Cl)cc2N1. The zero-order valence-corrected chi connectivity index (χ0v) is 12.9. The fourth-order valence-electron chi connectivity index (χ4n) is 2.39. The molecule has 6 heteroatoms. The molecule has 0 bridgehead atoms. The number of hydrogen-bond donors (Lipinski definition) is 2. The van der Waals surface area contributed by atoms with Gasteiger partial charge in [0.25, 0.3) is 0 Å². The molecule has 1 aliphatic rings. The third-order valence-corrected chi connectivity index (χ3v) is 4.11. The summed E-state index contributed by atoms with van der Waals surface area (Å²) in [7, 11) is 0. The summed E-state index contributed by atoms with van der Waals surface area (Å²) in [5, 5.41) is 14.5. The van der Waals surface area contributed by atoms with Gasteiger partial charge in [-0.1, -0.05) is 34.8 Å². The molecule has 108 valence electrons. The van der Waals surface area contributed by atoms with E-state index in [4.69, 9.17) is 34.8 Å². The van der Waals surface area contributed by atoms with Gasteiger partial charge in [0.1, 0.15) is 6.10 Å². The normalized spacial score (nSPS) is 14.8. The number of hydrogen-bond acceptors (Lipinski definition) is 2. The van der Waals surface area contributed by atoms with Gasteiger partial charge in [-0.25, -0.2) is 0 Å². The van der Waals surface area contributed by atoms with E-state index in [1.54, 1.807) is 30.3 Å². The Hall–Kier alpha value is -1.26. The molecule has 1 amide bonds. The fraction of sp³-hybridized carbons (Fsp3) is 0.133. The second-order valence-electron chi connectivity index (χ2n) is 4.86. The van der Waals surface area contributed by atoms with Gasteiger partial charge >= 0.3 is 0 Å². The van der Waals surface area contributed by atoms with Crippen molar-refractivity contribution < 1.29 is 9.90 Å². The van der Waals surface area contributed by atoms with Gasteiger partial charge in [-0.3, -0.25) is 4.79 Å². The second kappa shape index (κ2) is 5.50. The van der Waals surface area contributed by atoms with E-state index >= 15 is 0 Å². The van der Waals surface area contributed by atoms with Crippen molar-refractivity contribution in [2.24, 2.45) is 0 Å². The topological polar surface area (TPSA) is 49.3 Å². The van der Waals surface area contributed by atoms with Gasteiger partial charge in [-0.05, 0) is 41.5 Å². The van der Waals surface area contributed by atoms with Crippen LogP contribution in [0.15, 0.2) is 30.3 Å². The predicted octanol–water partition coefficient (Wildman–Crippen LogP) is 4.22. The molecule has 2 N–H and O–H groups in total. The second-order valence-corrected chi connectivity index (χ2v) is 6.14. The van der Waals surface area contributed by atoms with Crippen LogP contribution in [0.4, 0.5) is 5.69 Å². The third-order valence-electron chi connectivity index (χ3n) is 3.34. The van der Waals surface area contributed by atoms with Crippen LogP contribution in [0.1, 0.15) is 22.8 Å². The molecule has 3 nitrogen and oxygen atoms in total. The van der Waals surface area contributed by atoms with E-state index in [1.807, 2.05) is 0 Å². The van der Waals surface area contributed by atoms with Crippen LogP contribution < -0.4 is 5.32 Å². The van der Waals surface area contributed by atoms with E-state index in [0.717, 1.165) is 5.56 Å². The Morgan fingerprint density at radius 2 is 1.71 bits per heavy atom. The van der Waals surface area contributed by atoms with Crippen molar-refractivity contribution in [3.63, 3.8) is 0 Å². The number of rotatable bonds is 2. The smallest absolute Gasteiger partial charge is 0.228 e. The summed E-state index contributed by atoms with van der Waals surface area (Å²) in [6.45, 7) is 0. The highest BCUT2D eigenvalue weighted by Crippen LogP contribution is 2.36. The summed E-state index contributed by atoms with van der Waals surface area (Å²) < 4.78 is 0. The molecule has 0 radical (unpaired) electrons. The Bertz CT molecular complexity index is 726. The first-order valence-electron chi connectivity index (χ1n) is 6.20. The first kappa shape index (κ1) is 14.7. The first-order chi connectivity index (χ1) is 9.94. The summed E-state index contributed by atoms with van der Waals surface area (Å²) in [5.41, 5.74) is 2.56. The van der Waals surface area contributed by atoms with Gasteiger partial charge in [0.05, 0.1) is 6.42 Å². The number of anilines is 1. The van der Waals surface area contributed by atoms with Crippen LogP contribution >= 0.6 is 34.8 Å². The largest absolute Gasteiger partial charge is 0.384 e. The van der Waals surface area contributed by atoms with E-state index in [-0.39, 0.29) is 12.3 Å². The third kappa shape index (κ3) is 2.87. The minimum Gasteiger partial charge on any atom is -0.384 e. The summed E-state index contributed by atoms with van der Waals surface area (Å²) in [6.07, 6.45) is -0.683. The minimum absolute atomic E-state index is 0.0847. The molecule has 1 atom stereocenters. The van der Waals surface area contributed by atoms with Crippen molar-refractivity contribution in [2.75, 3.05) is 5.32 Å². The number of halogens is 3. The number of aliphatic hydroxyl groups is 1. The number of carbonyl (C=O) groups excluding carboxylic acids is 1. The Balaban J connectivity index is 2.04. The van der Waals surface area contributed by atoms with Gasteiger partial charge in [0, 0.05) is 26.3 Å². The molecule has 0 spiro atoms. The zero-order valence-electron chi connectivity index (χ0n) is 10.7. The van der Waals surface area contributed by atoms with Crippen molar-refractivity contribution in [1.82, 2.24) is 0 Å². The predicted molar refractivity (Wildman–Crippen MR) is 84.3 cm³/mol. The van der Waals surface area contributed by atoms with Crippen LogP contribution in [-0.4, -0.2) is 11.0 Å². The molecule has 2 aromatic rings. The summed E-state index contributed by atoms with van der Waals surface area (Å²) in [5.74, 6) is -0.0847. The minimum atomic E-state index is -0.963. The number of carbonyl (C=O) groups is 1. The van der Waals surface area contributed by atoms with Gasteiger partial charge in [0.2, 0.25) is 5.91 Å². The molecular weight excluding hydrogens is 333 g/mol. The van der Waals surface area contributed by atoms with Crippen LogP contribution in [-0.2, 0) is 11.2 Å². The maximum Gasteiger partial charge on any atom is 0.228 e. The molecule has 0 aliphatic carbocycles. The molecule has 1 heterocycles. The Morgan fingerprint density at radius 3 is 2.38 bits per heavy atom. The summed E-state index contributed by atoms with van der Waals surface area (Å²) in [6, 6.07) is 8.23. The molecule has 1 unspecified atom stereocenters. The lowest BCUT2D eigenvalue weighted by atomic mass is 9.98. The Kier molecular flexibility index (Phi) is 3.84. The van der Waals surface area contributed by atoms with Crippen LogP contribution in [0.2, 0.25) is 15.1 Å². The summed E-state index contributed by atoms with van der Waals surface area (Å²) in [4.78, 5) is 11.4. The fourth-order valence-corrected chi connectivity index (χ4v) is 3.20. The lowest BCUT2D eigenvalue weighted by Gasteiger charge is -2.15. The maximum absolute atomic E-state index is 11.4. The van der Waals surface area contributed by atoms with E-state index in [0.29, 0.717) is 31.9 Å². The molecule has 2 aromatic carbocycles. The monoisotopic (exact) mass is 341 g/mol. The molecule has 21 heavy (non-hydrogen) atoms. The highest BCUT2D eigenvalue weighted by molar-refractivity contribution is 6.34. The number of fused-ring (bicyclic) bond motifs is 1. The highest BCUT2D eigenvalue weighted by atomic mass is 35.5. The van der Waals surface area contributed by atoms with Crippen LogP contribution in [0, 0.1) is 0 Å². The molecule has 1 aliphatic heterocycles. The van der Waals surface area contributed by atoms with Crippen molar-refractivity contribution in [1.29, 1.82) is 0 Å². The molecule has 0 saturated carbocycles. The van der Waals surface area contributed by atoms with Gasteiger partial charge < -0.3 is 10.4 Å². The van der Waals surface area contributed by atoms with E-state index < -0.39 is 6.10 Å². The quantitative estimate of drug-likeness (QED) is 0.858. The maximum atomic E-state index is 11.4. The van der Waals surface area contributed by atoms with Crippen molar-refractivity contribution in [2.45, 2.75) is 12.5 Å². The van der Waals surface area contributed by atoms with Gasteiger partial charge in [-0.2, -0.15) is 0 Å². The molecule has 0 fully saturated rings. The van der Waals surface area contributed by atoms with Gasteiger partial charge in [-0.15, -0.1) is 0 Å². The van der Waals surface area contributed by atoms with Crippen LogP contribution in [0.3, 0.4) is 0 Å². The molecule has 0 aromatic heterocycles. The Labute approximate surface area is 136 Å². The standard InChI is InChI=1S/C15H10Cl3NO2/c16-9-1-8(2-10(17)5-9)15(21)11-3-7-4-14(20)19-13(7)6-12(11)18/h1-3,5-6,15,21H,4H2,(H,19,20). The van der Waals surface area contributed by atoms with Crippen molar-refractivity contribution in [3.05, 3.63) is 62.1 Å². The molecule has 3 rings (SSSR count). The van der Waals surface area contributed by atoms with Crippen LogP contribution in [0.5, 0.6) is 0 Å². The zero-order chi connectivity index (χ0) is 15.1. The average molecular weight is 343 g/mol. The summed E-state index contributed by atoms with van der Waals surface area (Å²) >= 11 is 18.1. The van der Waals surface area contributed by atoms with E-state index in [1.165, 1.54) is 0 Å². The average Bonchev–Trinajstić information content (AvgIpc) is 2.75. The lowest BCUT2D eigenvalue weighted by Crippen LogP contribution is -2.03. The van der Waals surface area contributed by atoms with Crippen molar-refractivity contribution >= 4 is 46.4 Å². The molecule has 0 saturated heterocycles. The molecular formula is C15H10Cl3NO2. The van der Waals surface area contributed by atoms with Crippen LogP contribution in [0.25, 0.3) is 0 Å². The van der Waals surface area contributed by atoms with E-state index in [9.17, 15) is 9.90 Å².